The van der Waals surface area contributed by atoms with Crippen molar-refractivity contribution in [2.45, 2.75) is 19.3 Å². The van der Waals surface area contributed by atoms with Crippen molar-refractivity contribution >= 4 is 23.7 Å². The molecular weight excluding hydrogens is 535 g/mol. The van der Waals surface area contributed by atoms with Crippen molar-refractivity contribution < 1.29 is 74.7 Å². The third-order valence-electron chi connectivity index (χ3n) is 4.24. The van der Waals surface area contributed by atoms with Gasteiger partial charge in [0.15, 0.2) is 0 Å². The number of carbonyl (C=O) groups excluding carboxylic acids is 3. The molecule has 0 fully saturated rings. The molecule has 38 heavy (non-hydrogen) atoms. The minimum atomic E-state index is -2.37. The first-order valence-electron chi connectivity index (χ1n) is 11.0. The molecule has 0 spiro atoms. The molecule has 0 unspecified atom stereocenters. The predicted octanol–water partition coefficient (Wildman–Crippen LogP) is 1.72. The first kappa shape index (κ1) is 32.8. The fourth-order valence-corrected chi connectivity index (χ4v) is 2.37. The molecule has 0 radical (unpaired) electrons. The summed E-state index contributed by atoms with van der Waals surface area (Å²) in [7, 11) is 0. The molecule has 1 aromatic carbocycles. The van der Waals surface area contributed by atoms with E-state index in [1.165, 1.54) is 0 Å². The van der Waals surface area contributed by atoms with Gasteiger partial charge < -0.3 is 33.5 Å². The molecule has 1 aromatic rings. The summed E-state index contributed by atoms with van der Waals surface area (Å²) in [6.07, 6.45) is -1.30. The van der Waals surface area contributed by atoms with E-state index in [1.807, 2.05) is 0 Å². The van der Waals surface area contributed by atoms with Crippen LogP contribution in [0.5, 0.6) is 5.75 Å². The van der Waals surface area contributed by atoms with Crippen LogP contribution in [0.3, 0.4) is 0 Å². The van der Waals surface area contributed by atoms with Crippen LogP contribution in [-0.4, -0.2) is 88.3 Å². The Morgan fingerprint density at radius 2 is 0.947 bits per heavy atom. The van der Waals surface area contributed by atoms with Gasteiger partial charge in [-0.15, -0.1) is 0 Å². The summed E-state index contributed by atoms with van der Waals surface area (Å²) < 4.78 is 95.6. The number of ether oxygens (including phenoxy) is 6. The second-order valence-corrected chi connectivity index (χ2v) is 7.02. The van der Waals surface area contributed by atoms with Gasteiger partial charge >= 0.3 is 17.9 Å². The van der Waals surface area contributed by atoms with Gasteiger partial charge in [-0.1, -0.05) is 0 Å². The Hall–Kier alpha value is -3.21. The number of hydrogen-bond donors (Lipinski definition) is 1. The maximum Gasteiger partial charge on any atom is 0.372 e. The smallest absolute Gasteiger partial charge is 0.372 e. The molecule has 11 nitrogen and oxygen atoms in total. The Labute approximate surface area is 212 Å². The lowest BCUT2D eigenvalue weighted by Crippen LogP contribution is -2.17. The van der Waals surface area contributed by atoms with Crippen molar-refractivity contribution in [2.24, 2.45) is 0 Å². The first-order chi connectivity index (χ1) is 18.1. The van der Waals surface area contributed by atoms with E-state index in [9.17, 15) is 41.1 Å². The van der Waals surface area contributed by atoms with Crippen LogP contribution in [0.4, 0.5) is 22.0 Å². The summed E-state index contributed by atoms with van der Waals surface area (Å²) in [6.45, 7) is 0.691. The Kier molecular flexibility index (Phi) is 15.6. The summed E-state index contributed by atoms with van der Waals surface area (Å²) in [4.78, 5) is 44.0. The number of halogens is 5. The number of benzene rings is 1. The van der Waals surface area contributed by atoms with Crippen LogP contribution in [0.25, 0.3) is 0 Å². The molecular formula is C22H25F5O11. The van der Waals surface area contributed by atoms with Gasteiger partial charge in [0.1, 0.15) is 6.61 Å². The van der Waals surface area contributed by atoms with Gasteiger partial charge in [0.05, 0.1) is 65.7 Å². The molecule has 0 saturated heterocycles. The molecule has 214 valence electrons. The Bertz CT molecular complexity index is 929. The third-order valence-corrected chi connectivity index (χ3v) is 4.24. The Morgan fingerprint density at radius 3 is 1.42 bits per heavy atom. The molecule has 0 aliphatic heterocycles. The van der Waals surface area contributed by atoms with Gasteiger partial charge in [0.2, 0.25) is 40.6 Å². The molecule has 1 N–H and O–H groups in total. The zero-order valence-corrected chi connectivity index (χ0v) is 19.9. The maximum absolute atomic E-state index is 13.5. The number of carboxylic acid groups (broad SMARTS) is 1. The van der Waals surface area contributed by atoms with Crippen LogP contribution in [-0.2, 0) is 42.9 Å². The van der Waals surface area contributed by atoms with Crippen molar-refractivity contribution in [2.75, 3.05) is 59.5 Å². The lowest BCUT2D eigenvalue weighted by atomic mass is 10.2. The highest BCUT2D eigenvalue weighted by molar-refractivity contribution is 6.32. The predicted molar refractivity (Wildman–Crippen MR) is 113 cm³/mol. The molecule has 0 bridgehead atoms. The standard InChI is InChI=1S/C22H25F5O11/c23-16-17(24)19(26)21(20(27)18(16)25)38-15(30)3-4-33-5-6-34-7-8-35-9-10-36-11-12-37-14(29)2-1-13(28)22(31)32/h1-12H2,(H,31,32). The lowest BCUT2D eigenvalue weighted by molar-refractivity contribution is -0.151. The fourth-order valence-electron chi connectivity index (χ4n) is 2.37. The Balaban J connectivity index is 1.96. The molecule has 0 amide bonds. The van der Waals surface area contributed by atoms with Crippen LogP contribution >= 0.6 is 0 Å². The molecule has 0 heterocycles. The highest BCUT2D eigenvalue weighted by Gasteiger charge is 2.28. The van der Waals surface area contributed by atoms with Gasteiger partial charge in [-0.2, -0.15) is 8.78 Å². The monoisotopic (exact) mass is 560 g/mol. The minimum Gasteiger partial charge on any atom is -0.476 e. The van der Waals surface area contributed by atoms with Gasteiger partial charge in [0, 0.05) is 6.42 Å². The van der Waals surface area contributed by atoms with Gasteiger partial charge in [-0.3, -0.25) is 14.4 Å². The summed E-state index contributed by atoms with van der Waals surface area (Å²) >= 11 is 0. The quantitative estimate of drug-likeness (QED) is 0.0474. The SMILES string of the molecule is O=C(CCC(=O)C(=O)O)OCCOCCOCCOCCOCCC(=O)Oc1c(F)c(F)c(F)c(F)c1F. The molecule has 0 atom stereocenters. The molecule has 0 aliphatic carbocycles. The number of aliphatic carboxylic acids is 1. The third kappa shape index (κ3) is 12.4. The van der Waals surface area contributed by atoms with Crippen LogP contribution in [0.1, 0.15) is 19.3 Å². The zero-order valence-electron chi connectivity index (χ0n) is 19.9. The molecule has 0 aromatic heterocycles. The maximum atomic E-state index is 13.5. The van der Waals surface area contributed by atoms with E-state index >= 15 is 0 Å². The second-order valence-electron chi connectivity index (χ2n) is 7.02. The number of carbonyl (C=O) groups is 4. The van der Waals surface area contributed by atoms with Crippen LogP contribution in [0.15, 0.2) is 0 Å². The van der Waals surface area contributed by atoms with Gasteiger partial charge in [-0.05, 0) is 0 Å². The minimum absolute atomic E-state index is 0.0299. The van der Waals surface area contributed by atoms with Crippen molar-refractivity contribution in [1.29, 1.82) is 0 Å². The number of Topliss-reactive ketones (excluding diaryl/α,β-unsaturated/α-hetero) is 1. The van der Waals surface area contributed by atoms with E-state index in [-0.39, 0.29) is 65.9 Å². The second kappa shape index (κ2) is 18.1. The van der Waals surface area contributed by atoms with E-state index in [4.69, 9.17) is 28.8 Å². The van der Waals surface area contributed by atoms with Crippen molar-refractivity contribution in [1.82, 2.24) is 0 Å². The zero-order chi connectivity index (χ0) is 28.5. The fraction of sp³-hybridized carbons (Fsp3) is 0.545. The van der Waals surface area contributed by atoms with Gasteiger partial charge in [-0.25, -0.2) is 18.0 Å². The molecule has 1 rings (SSSR count). The number of hydrogen-bond acceptors (Lipinski definition) is 10. The number of carboxylic acids is 1. The van der Waals surface area contributed by atoms with Gasteiger partial charge in [0.25, 0.3) is 0 Å². The highest BCUT2D eigenvalue weighted by Crippen LogP contribution is 2.29. The van der Waals surface area contributed by atoms with Crippen LogP contribution < -0.4 is 4.74 Å². The van der Waals surface area contributed by atoms with E-state index in [0.717, 1.165) is 0 Å². The summed E-state index contributed by atoms with van der Waals surface area (Å²) in [5, 5.41) is 8.39. The molecule has 16 heteroatoms. The van der Waals surface area contributed by atoms with E-state index in [2.05, 4.69) is 4.74 Å². The van der Waals surface area contributed by atoms with Crippen molar-refractivity contribution in [3.8, 4) is 5.75 Å². The van der Waals surface area contributed by atoms with Crippen LogP contribution in [0, 0.1) is 29.1 Å². The van der Waals surface area contributed by atoms with E-state index in [1.54, 1.807) is 0 Å². The normalized spacial score (nSPS) is 10.9. The van der Waals surface area contributed by atoms with Crippen molar-refractivity contribution in [3.63, 3.8) is 0 Å². The average Bonchev–Trinajstić information content (AvgIpc) is 2.89. The topological polar surface area (TPSA) is 144 Å². The largest absolute Gasteiger partial charge is 0.476 e. The van der Waals surface area contributed by atoms with Crippen LogP contribution in [0.2, 0.25) is 0 Å². The average molecular weight is 560 g/mol. The molecule has 0 aliphatic rings. The van der Waals surface area contributed by atoms with E-state index in [0.29, 0.717) is 0 Å². The number of rotatable bonds is 20. The summed E-state index contributed by atoms with van der Waals surface area (Å²) in [5.74, 6) is -17.7. The van der Waals surface area contributed by atoms with Crippen molar-refractivity contribution in [3.05, 3.63) is 29.1 Å². The lowest BCUT2D eigenvalue weighted by Gasteiger charge is -2.09. The van der Waals surface area contributed by atoms with E-state index < -0.39 is 71.4 Å². The first-order valence-corrected chi connectivity index (χ1v) is 11.0. The highest BCUT2D eigenvalue weighted by atomic mass is 19.2. The summed E-state index contributed by atoms with van der Waals surface area (Å²) in [5.41, 5.74) is 0. The summed E-state index contributed by atoms with van der Waals surface area (Å²) in [6, 6.07) is 0. The number of ketones is 1. The number of esters is 2. The molecule has 0 saturated carbocycles. The Morgan fingerprint density at radius 1 is 0.526 bits per heavy atom.